The van der Waals surface area contributed by atoms with Gasteiger partial charge in [0.15, 0.2) is 5.67 Å². The maximum absolute atomic E-state index is 15.2. The van der Waals surface area contributed by atoms with Gasteiger partial charge < -0.3 is 4.90 Å². The molecule has 0 N–H and O–H groups in total. The summed E-state index contributed by atoms with van der Waals surface area (Å²) in [6.45, 7) is 1.83. The number of carbonyl (C=O) groups excluding carboxylic acids is 1. The number of alkyl halides is 1. The molecule has 1 unspecified atom stereocenters. The van der Waals surface area contributed by atoms with Gasteiger partial charge >= 0.3 is 0 Å². The number of halogens is 1. The number of amides is 1. The third-order valence-corrected chi connectivity index (χ3v) is 5.34. The first kappa shape index (κ1) is 16.2. The van der Waals surface area contributed by atoms with Crippen LogP contribution in [-0.2, 0) is 17.5 Å². The molecule has 0 spiro atoms. The Hall–Kier alpha value is -2.28. The minimum absolute atomic E-state index is 0.0946. The lowest BCUT2D eigenvalue weighted by Gasteiger charge is -2.38. The second-order valence-electron chi connectivity index (χ2n) is 6.88. The zero-order valence-corrected chi connectivity index (χ0v) is 14.3. The number of aromatic nitrogens is 3. The van der Waals surface area contributed by atoms with Crippen LogP contribution in [0.15, 0.2) is 36.8 Å². The van der Waals surface area contributed by atoms with E-state index in [0.29, 0.717) is 38.2 Å². The van der Waals surface area contributed by atoms with Crippen LogP contribution in [0.25, 0.3) is 0 Å². The van der Waals surface area contributed by atoms with Crippen LogP contribution in [0, 0.1) is 0 Å². The first-order chi connectivity index (χ1) is 12.1. The van der Waals surface area contributed by atoms with Crippen LogP contribution in [0.4, 0.5) is 10.1 Å². The Morgan fingerprint density at radius 2 is 2.04 bits per heavy atom. The number of pyridine rings is 1. The van der Waals surface area contributed by atoms with Gasteiger partial charge in [-0.1, -0.05) is 6.07 Å². The number of rotatable bonds is 3. The summed E-state index contributed by atoms with van der Waals surface area (Å²) in [6.07, 6.45) is 6.72. The van der Waals surface area contributed by atoms with Gasteiger partial charge in [0.1, 0.15) is 0 Å². The number of anilines is 1. The predicted molar refractivity (Wildman–Crippen MR) is 91.8 cm³/mol. The molecule has 2 fully saturated rings. The van der Waals surface area contributed by atoms with E-state index < -0.39 is 5.67 Å². The molecule has 2 aliphatic heterocycles. The van der Waals surface area contributed by atoms with E-state index in [-0.39, 0.29) is 11.9 Å². The largest absolute Gasteiger partial charge is 0.308 e. The van der Waals surface area contributed by atoms with Crippen LogP contribution >= 0.6 is 0 Å². The van der Waals surface area contributed by atoms with E-state index >= 15 is 4.39 Å². The molecule has 4 heterocycles. The standard InChI is InChI=1S/C18H22FN5O/c1-22-13-14(12-21-22)24-9-5-15(17(24)25)23-10-6-18(19,7-11-23)16-4-2-3-8-20-16/h2-4,8,12-13,15H,5-7,9-11H2,1H3. The highest BCUT2D eigenvalue weighted by molar-refractivity contribution is 5.99. The van der Waals surface area contributed by atoms with Gasteiger partial charge in [0.05, 0.1) is 23.6 Å². The van der Waals surface area contributed by atoms with Gasteiger partial charge in [0.25, 0.3) is 0 Å². The lowest BCUT2D eigenvalue weighted by molar-refractivity contribution is -0.122. The van der Waals surface area contributed by atoms with E-state index in [1.807, 2.05) is 19.3 Å². The van der Waals surface area contributed by atoms with Gasteiger partial charge in [0, 0.05) is 39.1 Å². The maximum atomic E-state index is 15.2. The smallest absolute Gasteiger partial charge is 0.244 e. The molecule has 0 aromatic carbocycles. The van der Waals surface area contributed by atoms with E-state index in [2.05, 4.69) is 15.0 Å². The maximum Gasteiger partial charge on any atom is 0.244 e. The van der Waals surface area contributed by atoms with Crippen LogP contribution in [0.1, 0.15) is 25.0 Å². The second-order valence-corrected chi connectivity index (χ2v) is 6.88. The highest BCUT2D eigenvalue weighted by atomic mass is 19.1. The second kappa shape index (κ2) is 6.22. The van der Waals surface area contributed by atoms with Gasteiger partial charge in [0.2, 0.25) is 5.91 Å². The molecule has 0 aliphatic carbocycles. The van der Waals surface area contributed by atoms with Gasteiger partial charge in [-0.25, -0.2) is 4.39 Å². The number of likely N-dealkylation sites (tertiary alicyclic amines) is 1. The van der Waals surface area contributed by atoms with Gasteiger partial charge in [-0.05, 0) is 31.4 Å². The fourth-order valence-corrected chi connectivity index (χ4v) is 3.88. The normalized spacial score (nSPS) is 24.0. The van der Waals surface area contributed by atoms with E-state index in [0.717, 1.165) is 12.1 Å². The average Bonchev–Trinajstić information content (AvgIpc) is 3.22. The molecule has 4 rings (SSSR count). The average molecular weight is 343 g/mol. The molecule has 1 atom stereocenters. The van der Waals surface area contributed by atoms with E-state index in [9.17, 15) is 4.79 Å². The molecule has 6 nitrogen and oxygen atoms in total. The van der Waals surface area contributed by atoms with Crippen LogP contribution in [0.3, 0.4) is 0 Å². The Labute approximate surface area is 146 Å². The van der Waals surface area contributed by atoms with Crippen molar-refractivity contribution in [1.82, 2.24) is 19.7 Å². The number of hydrogen-bond donors (Lipinski definition) is 0. The summed E-state index contributed by atoms with van der Waals surface area (Å²) in [5.74, 6) is 0.0946. The summed E-state index contributed by atoms with van der Waals surface area (Å²) in [7, 11) is 1.84. The first-order valence-corrected chi connectivity index (χ1v) is 8.71. The van der Waals surface area contributed by atoms with Crippen molar-refractivity contribution in [1.29, 1.82) is 0 Å². The number of nitrogens with zero attached hydrogens (tertiary/aromatic N) is 5. The van der Waals surface area contributed by atoms with E-state index in [4.69, 9.17) is 0 Å². The quantitative estimate of drug-likeness (QED) is 0.854. The summed E-state index contributed by atoms with van der Waals surface area (Å²) in [6, 6.07) is 5.21. The zero-order chi connectivity index (χ0) is 17.4. The molecule has 2 aliphatic rings. The van der Waals surface area contributed by atoms with E-state index in [1.165, 1.54) is 0 Å². The van der Waals surface area contributed by atoms with Crippen molar-refractivity contribution in [2.45, 2.75) is 31.0 Å². The Kier molecular flexibility index (Phi) is 4.03. The fraction of sp³-hybridized carbons (Fsp3) is 0.500. The monoisotopic (exact) mass is 343 g/mol. The Morgan fingerprint density at radius 3 is 2.68 bits per heavy atom. The molecule has 2 aromatic heterocycles. The number of carbonyl (C=O) groups is 1. The van der Waals surface area contributed by atoms with Crippen molar-refractivity contribution in [3.63, 3.8) is 0 Å². The van der Waals surface area contributed by atoms with Crippen molar-refractivity contribution in [2.24, 2.45) is 7.05 Å². The summed E-state index contributed by atoms with van der Waals surface area (Å²) in [5.41, 5.74) is -0.0488. The minimum Gasteiger partial charge on any atom is -0.308 e. The molecule has 2 saturated heterocycles. The Bertz CT molecular complexity index is 754. The van der Waals surface area contributed by atoms with Crippen LogP contribution < -0.4 is 4.90 Å². The molecule has 132 valence electrons. The lowest BCUT2D eigenvalue weighted by Crippen LogP contribution is -2.48. The molecule has 1 amide bonds. The zero-order valence-electron chi connectivity index (χ0n) is 14.3. The highest BCUT2D eigenvalue weighted by Gasteiger charge is 2.43. The van der Waals surface area contributed by atoms with Crippen LogP contribution in [0.2, 0.25) is 0 Å². The Balaban J connectivity index is 1.42. The highest BCUT2D eigenvalue weighted by Crippen LogP contribution is 2.37. The summed E-state index contributed by atoms with van der Waals surface area (Å²) in [4.78, 5) is 20.9. The predicted octanol–water partition coefficient (Wildman–Crippen LogP) is 1.88. The summed E-state index contributed by atoms with van der Waals surface area (Å²) in [5, 5.41) is 4.14. The third kappa shape index (κ3) is 2.93. The molecule has 2 aromatic rings. The topological polar surface area (TPSA) is 54.3 Å². The third-order valence-electron chi connectivity index (χ3n) is 5.34. The van der Waals surface area contributed by atoms with Crippen molar-refractivity contribution in [3.8, 4) is 0 Å². The molecule has 0 saturated carbocycles. The fourth-order valence-electron chi connectivity index (χ4n) is 3.88. The molecule has 0 bridgehead atoms. The van der Waals surface area contributed by atoms with Crippen molar-refractivity contribution in [3.05, 3.63) is 42.5 Å². The number of piperidine rings is 1. The number of hydrogen-bond acceptors (Lipinski definition) is 4. The van der Waals surface area contributed by atoms with Crippen molar-refractivity contribution < 1.29 is 9.18 Å². The molecule has 25 heavy (non-hydrogen) atoms. The minimum atomic E-state index is -1.39. The van der Waals surface area contributed by atoms with Crippen molar-refractivity contribution >= 4 is 11.6 Å². The van der Waals surface area contributed by atoms with Crippen LogP contribution in [-0.4, -0.2) is 51.2 Å². The summed E-state index contributed by atoms with van der Waals surface area (Å²) < 4.78 is 16.9. The van der Waals surface area contributed by atoms with Gasteiger partial charge in [-0.2, -0.15) is 5.10 Å². The number of aryl methyl sites for hydroxylation is 1. The molecular weight excluding hydrogens is 321 g/mol. The lowest BCUT2D eigenvalue weighted by atomic mass is 9.89. The SMILES string of the molecule is Cn1cc(N2CCC(N3CCC(F)(c4ccccn4)CC3)C2=O)cn1. The molecule has 0 radical (unpaired) electrons. The Morgan fingerprint density at radius 1 is 1.24 bits per heavy atom. The molecule has 7 heteroatoms. The van der Waals surface area contributed by atoms with Gasteiger partial charge in [-0.15, -0.1) is 0 Å². The van der Waals surface area contributed by atoms with Crippen molar-refractivity contribution in [2.75, 3.05) is 24.5 Å². The van der Waals surface area contributed by atoms with Crippen LogP contribution in [0.5, 0.6) is 0 Å². The summed E-state index contributed by atoms with van der Waals surface area (Å²) >= 11 is 0. The van der Waals surface area contributed by atoms with E-state index in [1.54, 1.807) is 34.1 Å². The first-order valence-electron chi connectivity index (χ1n) is 8.71. The van der Waals surface area contributed by atoms with Gasteiger partial charge in [-0.3, -0.25) is 19.4 Å². The molecular formula is C18H22FN5O.